The minimum absolute atomic E-state index is 0. The average molecular weight is 220 g/mol. The molecule has 0 fully saturated rings. The molecule has 2 aromatic rings. The Morgan fingerprint density at radius 3 is 1.33 bits per heavy atom. The van der Waals surface area contributed by atoms with Gasteiger partial charge in [0.15, 0.2) is 0 Å². The van der Waals surface area contributed by atoms with E-state index in [1.54, 1.807) is 0 Å². The second-order valence-corrected chi connectivity index (χ2v) is 5.76. The molecule has 2 rings (SSSR count). The summed E-state index contributed by atoms with van der Waals surface area (Å²) in [7, 11) is -0.545. The van der Waals surface area contributed by atoms with Gasteiger partial charge in [-0.15, -0.1) is 0 Å². The van der Waals surface area contributed by atoms with Crippen molar-refractivity contribution in [1.82, 2.24) is 0 Å². The summed E-state index contributed by atoms with van der Waals surface area (Å²) < 4.78 is 0. The predicted octanol–water partition coefficient (Wildman–Crippen LogP) is -1.07. The van der Waals surface area contributed by atoms with E-state index in [9.17, 15) is 0 Å². The minimum Gasteiger partial charge on any atom is -0.255 e. The standard InChI is InChI=1S/C13H13Si.Na/c1-14(12-8-4-2-5-9-12)13-10-6-3-7-11-13;/h2-11H,1H3;/q-1;+1. The zero-order valence-electron chi connectivity index (χ0n) is 9.27. The molecule has 0 atom stereocenters. The van der Waals surface area contributed by atoms with Gasteiger partial charge in [-0.1, -0.05) is 60.7 Å². The molecule has 0 bridgehead atoms. The minimum atomic E-state index is -0.545. The van der Waals surface area contributed by atoms with Crippen LogP contribution in [0.1, 0.15) is 0 Å². The third-order valence-electron chi connectivity index (χ3n) is 2.41. The van der Waals surface area contributed by atoms with Gasteiger partial charge in [0.2, 0.25) is 0 Å². The molecule has 0 amide bonds. The van der Waals surface area contributed by atoms with E-state index in [-0.39, 0.29) is 29.6 Å². The van der Waals surface area contributed by atoms with Crippen LogP contribution in [0.5, 0.6) is 0 Å². The van der Waals surface area contributed by atoms with Gasteiger partial charge in [0, 0.05) is 0 Å². The molecule has 0 saturated heterocycles. The van der Waals surface area contributed by atoms with Crippen LogP contribution < -0.4 is 39.9 Å². The second kappa shape index (κ2) is 6.29. The maximum Gasteiger partial charge on any atom is 1.00 e. The predicted molar refractivity (Wildman–Crippen MR) is 63.8 cm³/mol. The van der Waals surface area contributed by atoms with Crippen LogP contribution in [0.4, 0.5) is 0 Å². The van der Waals surface area contributed by atoms with E-state index < -0.39 is 8.80 Å². The average Bonchev–Trinajstić information content (AvgIpc) is 2.30. The first-order valence-corrected chi connectivity index (χ1v) is 6.82. The molecule has 0 heterocycles. The Labute approximate surface area is 115 Å². The Hall–Kier alpha value is -0.343. The molecule has 0 aliphatic carbocycles. The second-order valence-electron chi connectivity index (χ2n) is 3.36. The monoisotopic (exact) mass is 220 g/mol. The van der Waals surface area contributed by atoms with Gasteiger partial charge in [0.05, 0.1) is 0 Å². The molecule has 0 saturated carbocycles. The number of hydrogen-bond acceptors (Lipinski definition) is 0. The third kappa shape index (κ3) is 3.32. The summed E-state index contributed by atoms with van der Waals surface area (Å²) in [5.74, 6) is 0. The van der Waals surface area contributed by atoms with Crippen molar-refractivity contribution in [2.75, 3.05) is 0 Å². The molecule has 0 N–H and O–H groups in total. The van der Waals surface area contributed by atoms with Crippen LogP contribution in [-0.4, -0.2) is 8.80 Å². The molecule has 0 spiro atoms. The van der Waals surface area contributed by atoms with Crippen LogP contribution in [0.15, 0.2) is 60.7 Å². The van der Waals surface area contributed by atoms with Gasteiger partial charge < -0.3 is 0 Å². The smallest absolute Gasteiger partial charge is 0.255 e. The van der Waals surface area contributed by atoms with Crippen LogP contribution >= 0.6 is 0 Å². The van der Waals surface area contributed by atoms with Gasteiger partial charge in [-0.3, -0.25) is 8.80 Å². The van der Waals surface area contributed by atoms with Crippen molar-refractivity contribution in [2.24, 2.45) is 0 Å². The zero-order valence-corrected chi connectivity index (χ0v) is 12.3. The molecule has 0 aromatic heterocycles. The summed E-state index contributed by atoms with van der Waals surface area (Å²) in [4.78, 5) is 0. The van der Waals surface area contributed by atoms with Crippen molar-refractivity contribution in [3.63, 3.8) is 0 Å². The molecule has 0 aliphatic heterocycles. The normalized spacial score (nSPS) is 9.13. The van der Waals surface area contributed by atoms with Gasteiger partial charge in [-0.05, 0) is 0 Å². The quantitative estimate of drug-likeness (QED) is 0.565. The summed E-state index contributed by atoms with van der Waals surface area (Å²) in [6.07, 6.45) is 0. The van der Waals surface area contributed by atoms with E-state index in [0.29, 0.717) is 0 Å². The van der Waals surface area contributed by atoms with Gasteiger partial charge in [0.1, 0.15) is 0 Å². The van der Waals surface area contributed by atoms with Crippen molar-refractivity contribution in [3.8, 4) is 0 Å². The Bertz CT molecular complexity index is 346. The summed E-state index contributed by atoms with van der Waals surface area (Å²) in [5.41, 5.74) is 0. The van der Waals surface area contributed by atoms with Crippen LogP contribution in [0.25, 0.3) is 0 Å². The molecular formula is C13H13NaSi. The largest absolute Gasteiger partial charge is 1.00 e. The van der Waals surface area contributed by atoms with Crippen molar-refractivity contribution < 1.29 is 29.6 Å². The Morgan fingerprint density at radius 2 is 1.00 bits per heavy atom. The SMILES string of the molecule is C[Si-](c1ccccc1)c1ccccc1.[Na+]. The molecule has 0 aliphatic rings. The topological polar surface area (TPSA) is 0 Å². The Morgan fingerprint density at radius 1 is 0.667 bits per heavy atom. The van der Waals surface area contributed by atoms with Gasteiger partial charge in [-0.2, -0.15) is 16.9 Å². The van der Waals surface area contributed by atoms with Gasteiger partial charge in [0.25, 0.3) is 0 Å². The first-order chi connectivity index (χ1) is 6.88. The number of rotatable bonds is 2. The Kier molecular flexibility index (Phi) is 5.33. The zero-order chi connectivity index (χ0) is 9.80. The van der Waals surface area contributed by atoms with Gasteiger partial charge in [-0.25, -0.2) is 0 Å². The van der Waals surface area contributed by atoms with E-state index in [1.165, 1.54) is 10.4 Å². The maximum absolute atomic E-state index is 2.34. The van der Waals surface area contributed by atoms with Gasteiger partial charge >= 0.3 is 29.6 Å². The molecule has 0 radical (unpaired) electrons. The van der Waals surface area contributed by atoms with Crippen LogP contribution in [-0.2, 0) is 0 Å². The van der Waals surface area contributed by atoms with Crippen LogP contribution in [0.2, 0.25) is 6.55 Å². The van der Waals surface area contributed by atoms with E-state index in [0.717, 1.165) is 0 Å². The summed E-state index contributed by atoms with van der Waals surface area (Å²) in [6.45, 7) is 2.34. The third-order valence-corrected chi connectivity index (χ3v) is 4.81. The first kappa shape index (κ1) is 12.7. The summed E-state index contributed by atoms with van der Waals surface area (Å²) in [5, 5.41) is 2.95. The van der Waals surface area contributed by atoms with E-state index in [4.69, 9.17) is 0 Å². The fourth-order valence-electron chi connectivity index (χ4n) is 1.54. The number of hydrogen-bond donors (Lipinski definition) is 0. The van der Waals surface area contributed by atoms with E-state index >= 15 is 0 Å². The van der Waals surface area contributed by atoms with Crippen molar-refractivity contribution >= 4 is 19.2 Å². The maximum atomic E-state index is 2.34. The first-order valence-electron chi connectivity index (χ1n) is 4.82. The molecule has 15 heavy (non-hydrogen) atoms. The number of benzene rings is 2. The molecule has 2 heteroatoms. The molecule has 0 nitrogen and oxygen atoms in total. The molecular weight excluding hydrogens is 207 g/mol. The van der Waals surface area contributed by atoms with Crippen LogP contribution in [0, 0.1) is 0 Å². The fraction of sp³-hybridized carbons (Fsp3) is 0.0769. The Balaban J connectivity index is 0.00000112. The summed E-state index contributed by atoms with van der Waals surface area (Å²) in [6, 6.07) is 21.5. The van der Waals surface area contributed by atoms with Crippen LogP contribution in [0.3, 0.4) is 0 Å². The molecule has 70 valence electrons. The van der Waals surface area contributed by atoms with E-state index in [2.05, 4.69) is 67.2 Å². The summed E-state index contributed by atoms with van der Waals surface area (Å²) >= 11 is 0. The van der Waals surface area contributed by atoms with Crippen molar-refractivity contribution in [1.29, 1.82) is 0 Å². The molecule has 2 aromatic carbocycles. The van der Waals surface area contributed by atoms with E-state index in [1.807, 2.05) is 0 Å². The van der Waals surface area contributed by atoms with Crippen molar-refractivity contribution in [3.05, 3.63) is 60.7 Å². The molecule has 0 unspecified atom stereocenters. The van der Waals surface area contributed by atoms with Crippen molar-refractivity contribution in [2.45, 2.75) is 6.55 Å². The fourth-order valence-corrected chi connectivity index (χ4v) is 3.26.